The van der Waals surface area contributed by atoms with Crippen LogP contribution in [0.4, 0.5) is 0 Å². The first-order valence-electron chi connectivity index (χ1n) is 35.5. The van der Waals surface area contributed by atoms with Crippen molar-refractivity contribution in [3.8, 4) is 0 Å². The molecule has 2 rings (SSSR count). The number of unbranched alkanes of at least 4 members (excludes halogenated alkanes) is 42. The molecule has 508 valence electrons. The monoisotopic (exact) mass is 1310 g/mol. The number of benzene rings is 2. The van der Waals surface area contributed by atoms with Crippen LogP contribution in [0.2, 0.25) is 0 Å². The van der Waals surface area contributed by atoms with Gasteiger partial charge in [-0.2, -0.15) is 0 Å². The zero-order chi connectivity index (χ0) is 64.6. The molecule has 0 aliphatic rings. The van der Waals surface area contributed by atoms with E-state index in [2.05, 4.69) is 13.8 Å². The third kappa shape index (κ3) is 47.9. The summed E-state index contributed by atoms with van der Waals surface area (Å²) in [5, 5.41) is 0. The van der Waals surface area contributed by atoms with Crippen LogP contribution in [0.15, 0.2) is 48.5 Å². The Morgan fingerprint density at radius 1 is 0.303 bits per heavy atom. The van der Waals surface area contributed by atoms with Crippen LogP contribution in [0.25, 0.3) is 0 Å². The van der Waals surface area contributed by atoms with Crippen molar-refractivity contribution in [2.24, 2.45) is 0 Å². The maximum absolute atomic E-state index is 12.6. The van der Waals surface area contributed by atoms with Crippen molar-refractivity contribution in [1.29, 1.82) is 0 Å². The van der Waals surface area contributed by atoms with E-state index < -0.39 is 55.0 Å². The molecule has 0 radical (unpaired) electrons. The first-order valence-corrected chi connectivity index (χ1v) is 38.4. The molecular weight excluding hydrogens is 1190 g/mol. The molecule has 0 N–H and O–H groups in total. The Kier molecular flexibility index (Phi) is 57.4. The standard InChI is InChI=1S/2C36H62O7S.Ca/c2*1-3-5-6-7-8-9-10-11-12-13-14-15-16-17-18-19-20-21-22-23-24-27-31-42-35(37)32-29-25-26-30-33(32)36(38)43-34(28-4-2)44(39,40)41;/h2*25-26,29-30,34H,3-24,27-28,31H2,1-2H3,(H,39,40,41);/q;;+2/p-2. The molecule has 0 saturated heterocycles. The van der Waals surface area contributed by atoms with Gasteiger partial charge in [0.25, 0.3) is 0 Å². The zero-order valence-electron chi connectivity index (χ0n) is 56.4. The Balaban J connectivity index is 0.00000172. The summed E-state index contributed by atoms with van der Waals surface area (Å²) in [6.07, 6.45) is 58.2. The molecule has 0 fully saturated rings. The van der Waals surface area contributed by atoms with Gasteiger partial charge in [-0.3, -0.25) is 0 Å². The minimum Gasteiger partial charge on any atom is -0.745 e. The van der Waals surface area contributed by atoms with Crippen molar-refractivity contribution in [3.05, 3.63) is 70.8 Å². The molecule has 14 nitrogen and oxygen atoms in total. The van der Waals surface area contributed by atoms with Gasteiger partial charge in [-0.1, -0.05) is 334 Å². The largest absolute Gasteiger partial charge is 2.00 e. The Morgan fingerprint density at radius 3 is 0.663 bits per heavy atom. The summed E-state index contributed by atoms with van der Waals surface area (Å²) in [6.45, 7) is 8.40. The molecule has 89 heavy (non-hydrogen) atoms. The summed E-state index contributed by atoms with van der Waals surface area (Å²) < 4.78 is 89.0. The molecule has 0 bridgehead atoms. The second-order valence-corrected chi connectivity index (χ2v) is 27.5. The fourth-order valence-electron chi connectivity index (χ4n) is 10.9. The summed E-state index contributed by atoms with van der Waals surface area (Å²) in [6, 6.07) is 11.8. The number of esters is 4. The Labute approximate surface area is 572 Å². The molecule has 0 aliphatic heterocycles. The SMILES string of the molecule is CCCCCCCCCCCCCCCCCCCCCCCCOC(=O)c1ccccc1C(=O)OC(CCC)S(=O)(=O)[O-].CCCCCCCCCCCCCCCCCCCCCCCCOC(=O)c1ccccc1C(=O)OC(CCC)S(=O)(=O)[O-].[Ca+2]. The quantitative estimate of drug-likeness (QED) is 0.0198. The van der Waals surface area contributed by atoms with Crippen molar-refractivity contribution in [2.75, 3.05) is 13.2 Å². The van der Waals surface area contributed by atoms with Crippen molar-refractivity contribution in [3.63, 3.8) is 0 Å². The molecule has 2 aromatic carbocycles. The maximum Gasteiger partial charge on any atom is 2.00 e. The van der Waals surface area contributed by atoms with Gasteiger partial charge in [0.2, 0.25) is 0 Å². The minimum absolute atomic E-state index is 0. The average Bonchev–Trinajstić information content (AvgIpc) is 3.64. The smallest absolute Gasteiger partial charge is 0.745 e. The van der Waals surface area contributed by atoms with Crippen molar-refractivity contribution in [2.45, 2.75) is 347 Å². The van der Waals surface area contributed by atoms with Gasteiger partial charge < -0.3 is 28.1 Å². The molecule has 0 aromatic heterocycles. The second kappa shape index (κ2) is 59.2. The van der Waals surface area contributed by atoms with E-state index in [1.54, 1.807) is 26.0 Å². The Morgan fingerprint density at radius 2 is 0.483 bits per heavy atom. The van der Waals surface area contributed by atoms with Gasteiger partial charge in [0.1, 0.15) is 20.2 Å². The number of carbonyl (C=O) groups excluding carboxylic acids is 4. The number of rotatable bonds is 58. The Bertz CT molecular complexity index is 2120. The number of ether oxygens (including phenoxy) is 4. The molecule has 2 atom stereocenters. The van der Waals surface area contributed by atoms with Crippen LogP contribution in [-0.2, 0) is 39.2 Å². The molecule has 0 spiro atoms. The summed E-state index contributed by atoms with van der Waals surface area (Å²) in [5.41, 5.74) is -3.81. The second-order valence-electron chi connectivity index (χ2n) is 24.4. The van der Waals surface area contributed by atoms with E-state index >= 15 is 0 Å². The fourth-order valence-corrected chi connectivity index (χ4v) is 12.4. The van der Waals surface area contributed by atoms with Crippen LogP contribution < -0.4 is 0 Å². The first kappa shape index (κ1) is 86.4. The Hall–Kier alpha value is -2.60. The topological polar surface area (TPSA) is 220 Å². The van der Waals surface area contributed by atoms with Crippen LogP contribution in [0, 0.1) is 0 Å². The van der Waals surface area contributed by atoms with Crippen LogP contribution >= 0.6 is 0 Å². The molecule has 2 aromatic rings. The summed E-state index contributed by atoms with van der Waals surface area (Å²) in [7, 11) is -9.63. The van der Waals surface area contributed by atoms with Crippen LogP contribution in [0.1, 0.15) is 377 Å². The molecule has 2 unspecified atom stereocenters. The van der Waals surface area contributed by atoms with Crippen LogP contribution in [-0.4, -0.2) is 112 Å². The maximum atomic E-state index is 12.6. The molecule has 0 amide bonds. The predicted octanol–water partition coefficient (Wildman–Crippen LogP) is 20.2. The van der Waals surface area contributed by atoms with Crippen molar-refractivity contribution in [1.82, 2.24) is 0 Å². The van der Waals surface area contributed by atoms with E-state index in [-0.39, 0.29) is 86.0 Å². The van der Waals surface area contributed by atoms with Gasteiger partial charge in [0.05, 0.1) is 35.5 Å². The molecular formula is C72H122CaO14S2. The summed E-state index contributed by atoms with van der Waals surface area (Å²) in [5.74, 6) is -3.39. The third-order valence-corrected chi connectivity index (χ3v) is 18.3. The fraction of sp³-hybridized carbons (Fsp3) is 0.778. The van der Waals surface area contributed by atoms with E-state index in [4.69, 9.17) is 18.9 Å². The molecule has 0 heterocycles. The van der Waals surface area contributed by atoms with Crippen LogP contribution in [0.3, 0.4) is 0 Å². The van der Waals surface area contributed by atoms with E-state index in [0.29, 0.717) is 12.8 Å². The van der Waals surface area contributed by atoms with Crippen molar-refractivity contribution < 1.29 is 64.1 Å². The van der Waals surface area contributed by atoms with Crippen LogP contribution in [0.5, 0.6) is 0 Å². The molecule has 0 aliphatic carbocycles. The van der Waals surface area contributed by atoms with Crippen molar-refractivity contribution >= 4 is 81.9 Å². The number of hydrogen-bond acceptors (Lipinski definition) is 14. The van der Waals surface area contributed by atoms with E-state index in [1.807, 2.05) is 0 Å². The van der Waals surface area contributed by atoms with E-state index in [1.165, 1.54) is 280 Å². The molecule has 17 heteroatoms. The summed E-state index contributed by atoms with van der Waals surface area (Å²) in [4.78, 5) is 50.3. The van der Waals surface area contributed by atoms with Gasteiger partial charge in [-0.15, -0.1) is 0 Å². The van der Waals surface area contributed by atoms with Gasteiger partial charge in [0, 0.05) is 0 Å². The van der Waals surface area contributed by atoms with Gasteiger partial charge >= 0.3 is 61.6 Å². The first-order chi connectivity index (χ1) is 42.6. The number of hydrogen-bond donors (Lipinski definition) is 0. The van der Waals surface area contributed by atoms with Gasteiger partial charge in [-0.05, 0) is 49.9 Å². The van der Waals surface area contributed by atoms with Gasteiger partial charge in [0.15, 0.2) is 10.9 Å². The van der Waals surface area contributed by atoms with E-state index in [9.17, 15) is 45.1 Å². The predicted molar refractivity (Wildman–Crippen MR) is 361 cm³/mol. The average molecular weight is 1320 g/mol. The van der Waals surface area contributed by atoms with E-state index in [0.717, 1.165) is 38.5 Å². The zero-order valence-corrected chi connectivity index (χ0v) is 60.2. The normalized spacial score (nSPS) is 12.1. The van der Waals surface area contributed by atoms with Gasteiger partial charge in [-0.25, -0.2) is 36.0 Å². The summed E-state index contributed by atoms with van der Waals surface area (Å²) >= 11 is 0. The third-order valence-electron chi connectivity index (χ3n) is 16.4. The number of carbonyl (C=O) groups is 4. The molecule has 0 saturated carbocycles. The minimum atomic E-state index is -4.82.